The number of nitrogens with one attached hydrogen (secondary N) is 1. The summed E-state index contributed by atoms with van der Waals surface area (Å²) in [5.74, 6) is 1.13. The first-order valence-electron chi connectivity index (χ1n) is 6.74. The molecule has 0 saturated carbocycles. The van der Waals surface area contributed by atoms with Crippen LogP contribution < -0.4 is 11.1 Å². The summed E-state index contributed by atoms with van der Waals surface area (Å²) in [6.07, 6.45) is 5.40. The highest BCUT2D eigenvalue weighted by atomic mass is 16.3. The molecule has 1 aromatic heterocycles. The van der Waals surface area contributed by atoms with E-state index >= 15 is 0 Å². The van der Waals surface area contributed by atoms with Crippen LogP contribution in [0, 0.1) is 5.92 Å². The van der Waals surface area contributed by atoms with Gasteiger partial charge in [0.25, 0.3) is 0 Å². The molecular weight excluding hydrogens is 240 g/mol. The minimum Gasteiger partial charge on any atom is -0.395 e. The summed E-state index contributed by atoms with van der Waals surface area (Å²) in [6, 6.07) is 0.129. The Morgan fingerprint density at radius 3 is 2.89 bits per heavy atom. The molecule has 1 aliphatic rings. The van der Waals surface area contributed by atoms with Gasteiger partial charge < -0.3 is 16.2 Å². The number of nitrogen functional groups attached to an aromatic ring is 1. The number of fused-ring (bicyclic) bond motifs is 1. The van der Waals surface area contributed by atoms with E-state index in [9.17, 15) is 5.11 Å². The van der Waals surface area contributed by atoms with Gasteiger partial charge in [-0.1, -0.05) is 19.9 Å². The Bertz CT molecular complexity index is 471. The highest BCUT2D eigenvalue weighted by molar-refractivity contribution is 5.74. The van der Waals surface area contributed by atoms with Crippen molar-refractivity contribution in [3.8, 4) is 0 Å². The number of nitrogens with two attached hydrogens (primary N) is 1. The Kier molecular flexibility index (Phi) is 4.50. The van der Waals surface area contributed by atoms with Crippen LogP contribution in [0.4, 0.5) is 5.82 Å². The van der Waals surface area contributed by atoms with Gasteiger partial charge in [0.2, 0.25) is 0 Å². The van der Waals surface area contributed by atoms with Crippen LogP contribution in [0.5, 0.6) is 0 Å². The molecule has 0 bridgehead atoms. The van der Waals surface area contributed by atoms with Crippen molar-refractivity contribution in [2.24, 2.45) is 5.92 Å². The quantitative estimate of drug-likeness (QED) is 0.712. The lowest BCUT2D eigenvalue weighted by molar-refractivity contribution is 0.228. The van der Waals surface area contributed by atoms with Crippen molar-refractivity contribution in [1.82, 2.24) is 15.3 Å². The summed E-state index contributed by atoms with van der Waals surface area (Å²) in [4.78, 5) is 8.31. The first kappa shape index (κ1) is 14.0. The van der Waals surface area contributed by atoms with Gasteiger partial charge in [-0.25, -0.2) is 9.97 Å². The second kappa shape index (κ2) is 6.12. The number of hydrogen-bond acceptors (Lipinski definition) is 5. The molecule has 5 heteroatoms. The molecule has 0 aromatic carbocycles. The van der Waals surface area contributed by atoms with Gasteiger partial charge in [0.05, 0.1) is 12.3 Å². The maximum absolute atomic E-state index is 9.36. The minimum absolute atomic E-state index is 0.129. The maximum Gasteiger partial charge on any atom is 0.130 e. The van der Waals surface area contributed by atoms with Crippen LogP contribution in [-0.4, -0.2) is 34.3 Å². The zero-order valence-electron chi connectivity index (χ0n) is 11.6. The van der Waals surface area contributed by atoms with E-state index in [1.165, 1.54) is 6.33 Å². The van der Waals surface area contributed by atoms with Gasteiger partial charge in [0.15, 0.2) is 0 Å². The van der Waals surface area contributed by atoms with Crippen LogP contribution in [0.15, 0.2) is 12.4 Å². The molecule has 0 unspecified atom stereocenters. The molecule has 0 amide bonds. The molecule has 0 fully saturated rings. The molecule has 1 heterocycles. The lowest BCUT2D eigenvalue weighted by Gasteiger charge is -2.18. The normalized spacial score (nSPS) is 15.5. The van der Waals surface area contributed by atoms with Crippen LogP contribution in [0.25, 0.3) is 5.57 Å². The molecular formula is C14H22N4O. The second-order valence-corrected chi connectivity index (χ2v) is 5.41. The summed E-state index contributed by atoms with van der Waals surface area (Å²) in [5.41, 5.74) is 8.94. The van der Waals surface area contributed by atoms with Crippen molar-refractivity contribution in [2.45, 2.75) is 32.7 Å². The van der Waals surface area contributed by atoms with Crippen LogP contribution in [0.3, 0.4) is 0 Å². The number of aliphatic hydroxyl groups is 1. The number of nitrogens with zero attached hydrogens (tertiary/aromatic N) is 2. The van der Waals surface area contributed by atoms with Crippen molar-refractivity contribution in [1.29, 1.82) is 0 Å². The molecule has 1 aliphatic carbocycles. The number of aliphatic hydroxyl groups excluding tert-OH is 1. The second-order valence-electron chi connectivity index (χ2n) is 5.41. The minimum atomic E-state index is 0.129. The van der Waals surface area contributed by atoms with Gasteiger partial charge in [-0.05, 0) is 24.3 Å². The largest absolute Gasteiger partial charge is 0.395 e. The molecule has 0 aliphatic heterocycles. The molecule has 0 saturated heterocycles. The van der Waals surface area contributed by atoms with Gasteiger partial charge in [-0.2, -0.15) is 0 Å². The predicted molar refractivity (Wildman–Crippen MR) is 76.5 cm³/mol. The van der Waals surface area contributed by atoms with E-state index in [1.807, 2.05) is 0 Å². The summed E-state index contributed by atoms with van der Waals surface area (Å²) in [5, 5.41) is 12.7. The molecule has 1 aromatic rings. The average molecular weight is 262 g/mol. The molecule has 5 nitrogen and oxygen atoms in total. The number of hydrogen-bond donors (Lipinski definition) is 3. The maximum atomic E-state index is 9.36. The number of allylic oxidation sites excluding steroid dienone is 1. The SMILES string of the molecule is CC(C)C[C@@H](CO)NCC1=CCc2c(N)ncnc21. The standard InChI is InChI=1S/C14H22N4O/c1-9(2)5-11(7-19)16-6-10-3-4-12-13(10)17-8-18-14(12)15/h3,8-9,11,16,19H,4-7H2,1-2H3,(H2,15,17,18)/t11-/m0/s1. The third-order valence-electron chi connectivity index (χ3n) is 3.39. The van der Waals surface area contributed by atoms with E-state index in [0.29, 0.717) is 18.3 Å². The Morgan fingerprint density at radius 1 is 1.42 bits per heavy atom. The third kappa shape index (κ3) is 3.30. The van der Waals surface area contributed by atoms with Crippen LogP contribution in [-0.2, 0) is 6.42 Å². The predicted octanol–water partition coefficient (Wildman–Crippen LogP) is 0.995. The topological polar surface area (TPSA) is 84.1 Å². The zero-order chi connectivity index (χ0) is 13.8. The fraction of sp³-hybridized carbons (Fsp3) is 0.571. The number of rotatable bonds is 6. The van der Waals surface area contributed by atoms with Gasteiger partial charge >= 0.3 is 0 Å². The van der Waals surface area contributed by atoms with Crippen molar-refractivity contribution < 1.29 is 5.11 Å². The van der Waals surface area contributed by atoms with Crippen molar-refractivity contribution in [3.63, 3.8) is 0 Å². The van der Waals surface area contributed by atoms with Crippen molar-refractivity contribution >= 4 is 11.4 Å². The van der Waals surface area contributed by atoms with E-state index in [-0.39, 0.29) is 12.6 Å². The molecule has 0 radical (unpaired) electrons. The van der Waals surface area contributed by atoms with Crippen LogP contribution in [0.2, 0.25) is 0 Å². The van der Waals surface area contributed by atoms with Crippen molar-refractivity contribution in [2.75, 3.05) is 18.9 Å². The van der Waals surface area contributed by atoms with E-state index in [2.05, 4.69) is 35.2 Å². The highest BCUT2D eigenvalue weighted by Crippen LogP contribution is 2.27. The molecule has 0 spiro atoms. The summed E-state index contributed by atoms with van der Waals surface area (Å²) in [7, 11) is 0. The molecule has 1 atom stereocenters. The molecule has 104 valence electrons. The summed E-state index contributed by atoms with van der Waals surface area (Å²) in [6.45, 7) is 5.18. The van der Waals surface area contributed by atoms with Crippen molar-refractivity contribution in [3.05, 3.63) is 23.7 Å². The Balaban J connectivity index is 1.97. The lowest BCUT2D eigenvalue weighted by atomic mass is 10.0. The average Bonchev–Trinajstić information content (AvgIpc) is 2.79. The Morgan fingerprint density at radius 2 is 2.21 bits per heavy atom. The van der Waals surface area contributed by atoms with E-state index in [0.717, 1.165) is 29.7 Å². The van der Waals surface area contributed by atoms with Gasteiger partial charge in [0.1, 0.15) is 12.1 Å². The summed E-state index contributed by atoms with van der Waals surface area (Å²) < 4.78 is 0. The first-order chi connectivity index (χ1) is 9.11. The lowest BCUT2D eigenvalue weighted by Crippen LogP contribution is -2.34. The van der Waals surface area contributed by atoms with E-state index < -0.39 is 0 Å². The van der Waals surface area contributed by atoms with E-state index in [1.54, 1.807) is 0 Å². The van der Waals surface area contributed by atoms with Crippen LogP contribution in [0.1, 0.15) is 31.5 Å². The molecule has 19 heavy (non-hydrogen) atoms. The zero-order valence-corrected chi connectivity index (χ0v) is 11.6. The highest BCUT2D eigenvalue weighted by Gasteiger charge is 2.19. The first-order valence-corrected chi connectivity index (χ1v) is 6.74. The summed E-state index contributed by atoms with van der Waals surface area (Å²) >= 11 is 0. The van der Waals surface area contributed by atoms with Crippen LogP contribution >= 0.6 is 0 Å². The third-order valence-corrected chi connectivity index (χ3v) is 3.39. The molecule has 4 N–H and O–H groups in total. The molecule has 2 rings (SSSR count). The number of anilines is 1. The Labute approximate surface area is 114 Å². The van der Waals surface area contributed by atoms with Gasteiger partial charge in [-0.3, -0.25) is 0 Å². The fourth-order valence-corrected chi connectivity index (χ4v) is 2.43. The smallest absolute Gasteiger partial charge is 0.130 e. The monoisotopic (exact) mass is 262 g/mol. The van der Waals surface area contributed by atoms with E-state index in [4.69, 9.17) is 5.73 Å². The van der Waals surface area contributed by atoms with Gasteiger partial charge in [-0.15, -0.1) is 0 Å². The number of aromatic nitrogens is 2. The fourth-order valence-electron chi connectivity index (χ4n) is 2.43. The Hall–Kier alpha value is -1.46. The van der Waals surface area contributed by atoms with Gasteiger partial charge in [0, 0.05) is 18.2 Å².